The van der Waals surface area contributed by atoms with E-state index in [-0.39, 0.29) is 23.2 Å². The van der Waals surface area contributed by atoms with Crippen molar-refractivity contribution in [1.82, 2.24) is 9.88 Å². The van der Waals surface area contributed by atoms with Crippen LogP contribution in [0.25, 0.3) is 0 Å². The van der Waals surface area contributed by atoms with E-state index in [9.17, 15) is 13.2 Å². The number of carbonyl (C=O) groups excluding carboxylic acids is 1. The molecule has 1 saturated heterocycles. The molecule has 0 N–H and O–H groups in total. The molecule has 6 nitrogen and oxygen atoms in total. The number of amides is 1. The number of rotatable bonds is 4. The smallest absolute Gasteiger partial charge is 0.259 e. The number of hydrogen-bond acceptors (Lipinski definition) is 5. The highest BCUT2D eigenvalue weighted by molar-refractivity contribution is 7.92. The maximum atomic E-state index is 12.8. The second-order valence-electron chi connectivity index (χ2n) is 5.72. The zero-order valence-electron chi connectivity index (χ0n) is 13.6. The van der Waals surface area contributed by atoms with Crippen LogP contribution in [-0.2, 0) is 9.84 Å². The van der Waals surface area contributed by atoms with Gasteiger partial charge in [0.25, 0.3) is 5.91 Å². The van der Waals surface area contributed by atoms with Gasteiger partial charge in [-0.15, -0.1) is 0 Å². The number of likely N-dealkylation sites (tertiary alicyclic amines) is 1. The zero-order valence-corrected chi connectivity index (χ0v) is 15.1. The van der Waals surface area contributed by atoms with Crippen LogP contribution >= 0.6 is 11.6 Å². The Labute approximate surface area is 151 Å². The first kappa shape index (κ1) is 17.7. The van der Waals surface area contributed by atoms with Crippen LogP contribution in [-0.4, -0.2) is 49.7 Å². The summed E-state index contributed by atoms with van der Waals surface area (Å²) < 4.78 is 30.6. The number of ether oxygens (including phenoxy) is 1. The largest absolute Gasteiger partial charge is 0.480 e. The Morgan fingerprint density at radius 2 is 2.00 bits per heavy atom. The summed E-state index contributed by atoms with van der Waals surface area (Å²) in [5, 5.41) is -0.161. The van der Waals surface area contributed by atoms with Crippen LogP contribution in [0.3, 0.4) is 0 Å². The summed E-state index contributed by atoms with van der Waals surface area (Å²) in [5.41, 5.74) is 0.328. The first-order valence-corrected chi connectivity index (χ1v) is 9.63. The minimum absolute atomic E-state index is 0.141. The number of nitrogens with zero attached hydrogens (tertiary/aromatic N) is 2. The van der Waals surface area contributed by atoms with Gasteiger partial charge in [-0.3, -0.25) is 4.79 Å². The highest BCUT2D eigenvalue weighted by atomic mass is 35.5. The van der Waals surface area contributed by atoms with Gasteiger partial charge in [-0.05, 0) is 42.8 Å². The summed E-state index contributed by atoms with van der Waals surface area (Å²) in [5.74, 6) is -0.0461. The monoisotopic (exact) mass is 380 g/mol. The fourth-order valence-corrected chi connectivity index (χ4v) is 4.69. The van der Waals surface area contributed by atoms with Crippen LogP contribution in [0.15, 0.2) is 47.5 Å². The quantitative estimate of drug-likeness (QED) is 0.814. The number of carbonyl (C=O) groups is 1. The zero-order chi connectivity index (χ0) is 18.0. The minimum atomic E-state index is -3.52. The summed E-state index contributed by atoms with van der Waals surface area (Å²) >= 11 is 5.82. The predicted molar refractivity (Wildman–Crippen MR) is 93.7 cm³/mol. The molecule has 0 spiro atoms. The van der Waals surface area contributed by atoms with E-state index < -0.39 is 15.1 Å². The molecule has 0 aliphatic carbocycles. The molecule has 0 saturated carbocycles. The molecule has 0 bridgehead atoms. The molecule has 1 amide bonds. The average Bonchev–Trinajstić information content (AvgIpc) is 3.12. The number of sulfone groups is 1. The third-order valence-electron chi connectivity index (χ3n) is 4.21. The van der Waals surface area contributed by atoms with E-state index in [4.69, 9.17) is 16.3 Å². The Morgan fingerprint density at radius 1 is 1.28 bits per heavy atom. The van der Waals surface area contributed by atoms with Crippen LogP contribution < -0.4 is 4.74 Å². The van der Waals surface area contributed by atoms with Crippen molar-refractivity contribution >= 4 is 27.3 Å². The van der Waals surface area contributed by atoms with Crippen molar-refractivity contribution in [2.24, 2.45) is 0 Å². The first-order chi connectivity index (χ1) is 11.9. The van der Waals surface area contributed by atoms with Gasteiger partial charge < -0.3 is 9.64 Å². The summed E-state index contributed by atoms with van der Waals surface area (Å²) in [6, 6.07) is 9.35. The van der Waals surface area contributed by atoms with E-state index in [1.807, 2.05) is 0 Å². The van der Waals surface area contributed by atoms with Crippen molar-refractivity contribution in [3.8, 4) is 5.88 Å². The molecule has 132 valence electrons. The summed E-state index contributed by atoms with van der Waals surface area (Å²) in [6.07, 6.45) is 1.92. The molecular formula is C17H17ClN2O4S. The summed E-state index contributed by atoms with van der Waals surface area (Å²) in [7, 11) is -2.08. The van der Waals surface area contributed by atoms with Crippen molar-refractivity contribution in [1.29, 1.82) is 0 Å². The lowest BCUT2D eigenvalue weighted by molar-refractivity contribution is 0.0789. The molecule has 1 aromatic heterocycles. The topological polar surface area (TPSA) is 76.6 Å². The molecule has 3 rings (SSSR count). The molecular weight excluding hydrogens is 364 g/mol. The van der Waals surface area contributed by atoms with Gasteiger partial charge in [0.2, 0.25) is 5.88 Å². The molecule has 0 radical (unpaired) electrons. The molecule has 1 atom stereocenters. The predicted octanol–water partition coefficient (Wildman–Crippen LogP) is 2.43. The number of benzene rings is 1. The fraction of sp³-hybridized carbons (Fsp3) is 0.294. The van der Waals surface area contributed by atoms with Crippen LogP contribution in [0.1, 0.15) is 16.8 Å². The van der Waals surface area contributed by atoms with E-state index in [0.29, 0.717) is 23.6 Å². The first-order valence-electron chi connectivity index (χ1n) is 7.71. The summed E-state index contributed by atoms with van der Waals surface area (Å²) in [4.78, 5) is 18.4. The van der Waals surface area contributed by atoms with Crippen LogP contribution in [0.2, 0.25) is 5.02 Å². The molecule has 2 aromatic rings. The lowest BCUT2D eigenvalue weighted by atomic mass is 10.2. The van der Waals surface area contributed by atoms with Crippen molar-refractivity contribution in [2.45, 2.75) is 16.6 Å². The van der Waals surface area contributed by atoms with Gasteiger partial charge in [0.15, 0.2) is 9.84 Å². The Kier molecular flexibility index (Phi) is 4.96. The SMILES string of the molecule is COc1ncccc1C(=O)N1CCC(S(=O)(=O)c2ccc(Cl)cc2)C1. The molecule has 1 aliphatic rings. The van der Waals surface area contributed by atoms with E-state index in [1.54, 1.807) is 24.3 Å². The Hall–Kier alpha value is -2.12. The maximum Gasteiger partial charge on any atom is 0.259 e. The van der Waals surface area contributed by atoms with Crippen LogP contribution in [0.5, 0.6) is 5.88 Å². The van der Waals surface area contributed by atoms with Crippen LogP contribution in [0.4, 0.5) is 0 Å². The van der Waals surface area contributed by atoms with Gasteiger partial charge in [0.05, 0.1) is 17.3 Å². The maximum absolute atomic E-state index is 12.8. The normalized spacial score (nSPS) is 17.5. The number of pyridine rings is 1. The fourth-order valence-electron chi connectivity index (χ4n) is 2.87. The molecule has 1 aliphatic heterocycles. The van der Waals surface area contributed by atoms with Gasteiger partial charge in [-0.1, -0.05) is 11.6 Å². The third-order valence-corrected chi connectivity index (χ3v) is 6.65. The number of hydrogen-bond donors (Lipinski definition) is 0. The van der Waals surface area contributed by atoms with Crippen molar-refractivity contribution in [2.75, 3.05) is 20.2 Å². The average molecular weight is 381 g/mol. The molecule has 1 unspecified atom stereocenters. The van der Waals surface area contributed by atoms with Crippen molar-refractivity contribution in [3.05, 3.63) is 53.2 Å². The van der Waals surface area contributed by atoms with Crippen LogP contribution in [0, 0.1) is 0 Å². The number of methoxy groups -OCH3 is 1. The van der Waals surface area contributed by atoms with Gasteiger partial charge >= 0.3 is 0 Å². The van der Waals surface area contributed by atoms with Crippen molar-refractivity contribution < 1.29 is 17.9 Å². The molecule has 1 aromatic carbocycles. The highest BCUT2D eigenvalue weighted by Crippen LogP contribution is 2.27. The van der Waals surface area contributed by atoms with Gasteiger partial charge in [-0.2, -0.15) is 0 Å². The Morgan fingerprint density at radius 3 is 2.68 bits per heavy atom. The molecule has 8 heteroatoms. The standard InChI is InChI=1S/C17H17ClN2O4S/c1-24-16-15(3-2-9-19-16)17(21)20-10-8-14(11-20)25(22,23)13-6-4-12(18)5-7-13/h2-7,9,14H,8,10-11H2,1H3. The second kappa shape index (κ2) is 7.01. The lowest BCUT2D eigenvalue weighted by Crippen LogP contribution is -2.32. The van der Waals surface area contributed by atoms with Gasteiger partial charge in [0.1, 0.15) is 5.56 Å². The molecule has 25 heavy (non-hydrogen) atoms. The van der Waals surface area contributed by atoms with Crippen molar-refractivity contribution in [3.63, 3.8) is 0 Å². The molecule has 1 fully saturated rings. The van der Waals surface area contributed by atoms with Gasteiger partial charge in [-0.25, -0.2) is 13.4 Å². The Bertz CT molecular complexity index is 884. The van der Waals surface area contributed by atoms with Gasteiger partial charge in [0, 0.05) is 24.3 Å². The molecule has 2 heterocycles. The highest BCUT2D eigenvalue weighted by Gasteiger charge is 2.37. The minimum Gasteiger partial charge on any atom is -0.480 e. The van der Waals surface area contributed by atoms with E-state index in [0.717, 1.165) is 0 Å². The second-order valence-corrected chi connectivity index (χ2v) is 8.39. The number of aromatic nitrogens is 1. The lowest BCUT2D eigenvalue weighted by Gasteiger charge is -2.18. The summed E-state index contributed by atoms with van der Waals surface area (Å²) in [6.45, 7) is 0.510. The Balaban J connectivity index is 1.79. The number of halogens is 1. The van der Waals surface area contributed by atoms with E-state index in [1.165, 1.54) is 30.3 Å². The van der Waals surface area contributed by atoms with E-state index in [2.05, 4.69) is 4.98 Å². The van der Waals surface area contributed by atoms with E-state index >= 15 is 0 Å². The third kappa shape index (κ3) is 3.48.